The third-order valence-corrected chi connectivity index (χ3v) is 3.73. The lowest BCUT2D eigenvalue weighted by Crippen LogP contribution is -2.10. The molecule has 2 rings (SSSR count). The highest BCUT2D eigenvalue weighted by Gasteiger charge is 2.11. The minimum atomic E-state index is -0.240. The van der Waals surface area contributed by atoms with Gasteiger partial charge in [-0.1, -0.05) is 23.9 Å². The number of benzene rings is 1. The second-order valence-electron chi connectivity index (χ2n) is 2.59. The van der Waals surface area contributed by atoms with Crippen LogP contribution < -0.4 is 5.32 Å². The van der Waals surface area contributed by atoms with Crippen LogP contribution in [0.25, 0.3) is 0 Å². The monoisotopic (exact) mass is 210 g/mol. The summed E-state index contributed by atoms with van der Waals surface area (Å²) in [6.07, 6.45) is 2.01. The molecule has 1 aromatic rings. The van der Waals surface area contributed by atoms with Crippen LogP contribution >= 0.6 is 22.4 Å². The van der Waals surface area contributed by atoms with Gasteiger partial charge in [0, 0.05) is 4.90 Å². The van der Waals surface area contributed by atoms with E-state index in [9.17, 15) is 0 Å². The van der Waals surface area contributed by atoms with Gasteiger partial charge in [-0.2, -0.15) is 4.40 Å². The SMILES string of the molecule is C=S1N=C(SC)Nc2ccccc21. The lowest BCUT2D eigenvalue weighted by molar-refractivity contribution is 1.42. The predicted octanol–water partition coefficient (Wildman–Crippen LogP) is 2.81. The molecular weight excluding hydrogens is 200 g/mol. The molecule has 0 amide bonds. The molecule has 0 bridgehead atoms. The van der Waals surface area contributed by atoms with Crippen LogP contribution in [0.1, 0.15) is 0 Å². The summed E-state index contributed by atoms with van der Waals surface area (Å²) < 4.78 is 4.43. The van der Waals surface area contributed by atoms with E-state index in [0.29, 0.717) is 0 Å². The van der Waals surface area contributed by atoms with Gasteiger partial charge in [0.2, 0.25) is 0 Å². The fraction of sp³-hybridized carbons (Fsp3) is 0.111. The van der Waals surface area contributed by atoms with Crippen LogP contribution in [0.15, 0.2) is 33.6 Å². The fourth-order valence-corrected chi connectivity index (χ4v) is 2.88. The van der Waals surface area contributed by atoms with E-state index in [0.717, 1.165) is 10.9 Å². The van der Waals surface area contributed by atoms with Crippen LogP contribution in [0.2, 0.25) is 0 Å². The van der Waals surface area contributed by atoms with Gasteiger partial charge in [0.15, 0.2) is 5.17 Å². The second-order valence-corrected chi connectivity index (χ2v) is 4.73. The van der Waals surface area contributed by atoms with Crippen molar-refractivity contribution in [2.45, 2.75) is 4.90 Å². The molecule has 0 aliphatic carbocycles. The van der Waals surface area contributed by atoms with Crippen molar-refractivity contribution in [2.24, 2.45) is 4.40 Å². The number of anilines is 1. The normalized spacial score (nSPS) is 20.1. The molecule has 1 aromatic carbocycles. The number of hydrogen-bond acceptors (Lipinski definition) is 3. The Bertz CT molecular complexity index is 385. The van der Waals surface area contributed by atoms with E-state index < -0.39 is 0 Å². The first-order chi connectivity index (χ1) is 6.31. The summed E-state index contributed by atoms with van der Waals surface area (Å²) in [6.45, 7) is 0. The molecule has 0 saturated carbocycles. The summed E-state index contributed by atoms with van der Waals surface area (Å²) in [7, 11) is -0.240. The van der Waals surface area contributed by atoms with Gasteiger partial charge in [-0.3, -0.25) is 0 Å². The fourth-order valence-electron chi connectivity index (χ4n) is 1.15. The quantitative estimate of drug-likeness (QED) is 0.666. The molecule has 0 aromatic heterocycles. The standard InChI is InChI=1S/C9H10N2S2/c1-12-9-10-7-5-3-4-6-8(7)13(2)11-9/h3-6H,2H2,1H3,(H,10,11). The Morgan fingerprint density at radius 3 is 3.00 bits per heavy atom. The number of para-hydroxylation sites is 1. The molecule has 1 unspecified atom stereocenters. The van der Waals surface area contributed by atoms with E-state index in [2.05, 4.69) is 27.7 Å². The average Bonchev–Trinajstić information content (AvgIpc) is 2.18. The van der Waals surface area contributed by atoms with Crippen LogP contribution in [0.3, 0.4) is 0 Å². The molecule has 0 fully saturated rings. The number of thioether (sulfide) groups is 1. The largest absolute Gasteiger partial charge is 0.333 e. The molecule has 2 nitrogen and oxygen atoms in total. The van der Waals surface area contributed by atoms with Crippen LogP contribution in [0.4, 0.5) is 5.69 Å². The summed E-state index contributed by atoms with van der Waals surface area (Å²) >= 11 is 1.62. The predicted molar refractivity (Wildman–Crippen MR) is 64.0 cm³/mol. The summed E-state index contributed by atoms with van der Waals surface area (Å²) in [4.78, 5) is 1.19. The van der Waals surface area contributed by atoms with Gasteiger partial charge in [0.25, 0.3) is 0 Å². The number of fused-ring (bicyclic) bond motifs is 1. The zero-order valence-electron chi connectivity index (χ0n) is 7.28. The van der Waals surface area contributed by atoms with Gasteiger partial charge in [-0.25, -0.2) is 0 Å². The highest BCUT2D eigenvalue weighted by Crippen LogP contribution is 2.37. The lowest BCUT2D eigenvalue weighted by atomic mass is 10.3. The van der Waals surface area contributed by atoms with Gasteiger partial charge in [-0.15, -0.1) is 0 Å². The van der Waals surface area contributed by atoms with Crippen LogP contribution in [-0.4, -0.2) is 17.3 Å². The molecule has 0 spiro atoms. The number of hydrogen-bond donors (Lipinski definition) is 1. The van der Waals surface area contributed by atoms with E-state index in [1.165, 1.54) is 4.90 Å². The van der Waals surface area contributed by atoms with Gasteiger partial charge >= 0.3 is 0 Å². The van der Waals surface area contributed by atoms with Gasteiger partial charge in [0.05, 0.1) is 5.69 Å². The topological polar surface area (TPSA) is 24.4 Å². The number of nitrogens with one attached hydrogen (secondary N) is 1. The minimum Gasteiger partial charge on any atom is -0.333 e. The first-order valence-corrected chi connectivity index (χ1v) is 6.41. The smallest absolute Gasteiger partial charge is 0.172 e. The van der Waals surface area contributed by atoms with E-state index in [-0.39, 0.29) is 10.7 Å². The Hall–Kier alpha value is -0.740. The molecule has 13 heavy (non-hydrogen) atoms. The van der Waals surface area contributed by atoms with E-state index in [1.54, 1.807) is 11.8 Å². The molecule has 1 heterocycles. The highest BCUT2D eigenvalue weighted by molar-refractivity contribution is 8.17. The third kappa shape index (κ3) is 1.64. The second kappa shape index (κ2) is 3.55. The van der Waals surface area contributed by atoms with Gasteiger partial charge in [0.1, 0.15) is 0 Å². The molecule has 1 aliphatic rings. The molecule has 0 radical (unpaired) electrons. The number of amidine groups is 1. The first-order valence-electron chi connectivity index (χ1n) is 3.84. The molecule has 0 saturated heterocycles. The van der Waals surface area contributed by atoms with E-state index in [1.807, 2.05) is 18.4 Å². The van der Waals surface area contributed by atoms with Gasteiger partial charge < -0.3 is 5.32 Å². The number of nitrogens with zero attached hydrogens (tertiary/aromatic N) is 1. The summed E-state index contributed by atoms with van der Waals surface area (Å²) in [5.74, 6) is 4.02. The molecule has 1 aliphatic heterocycles. The van der Waals surface area contributed by atoms with E-state index >= 15 is 0 Å². The maximum absolute atomic E-state index is 4.43. The molecular formula is C9H10N2S2. The average molecular weight is 210 g/mol. The Labute approximate surface area is 84.5 Å². The van der Waals surface area contributed by atoms with Crippen LogP contribution in [0.5, 0.6) is 0 Å². The van der Waals surface area contributed by atoms with Crippen molar-refractivity contribution in [3.63, 3.8) is 0 Å². The summed E-state index contributed by atoms with van der Waals surface area (Å²) in [6, 6.07) is 8.17. The van der Waals surface area contributed by atoms with E-state index in [4.69, 9.17) is 0 Å². The maximum atomic E-state index is 4.43. The van der Waals surface area contributed by atoms with Crippen molar-refractivity contribution >= 4 is 39.2 Å². The Kier molecular flexibility index (Phi) is 2.42. The van der Waals surface area contributed by atoms with Crippen molar-refractivity contribution in [1.29, 1.82) is 0 Å². The molecule has 1 N–H and O–H groups in total. The minimum absolute atomic E-state index is 0.240. The molecule has 68 valence electrons. The summed E-state index contributed by atoms with van der Waals surface area (Å²) in [5.41, 5.74) is 1.14. The Balaban J connectivity index is 2.46. The summed E-state index contributed by atoms with van der Waals surface area (Å²) in [5, 5.41) is 4.21. The van der Waals surface area contributed by atoms with Crippen molar-refractivity contribution in [1.82, 2.24) is 0 Å². The number of rotatable bonds is 0. The van der Waals surface area contributed by atoms with Crippen molar-refractivity contribution < 1.29 is 0 Å². The Morgan fingerprint density at radius 2 is 2.23 bits per heavy atom. The third-order valence-electron chi connectivity index (χ3n) is 1.77. The highest BCUT2D eigenvalue weighted by atomic mass is 32.2. The van der Waals surface area contributed by atoms with Crippen molar-refractivity contribution in [3.05, 3.63) is 24.3 Å². The zero-order chi connectivity index (χ0) is 9.26. The van der Waals surface area contributed by atoms with Gasteiger partial charge in [-0.05, 0) is 34.9 Å². The zero-order valence-corrected chi connectivity index (χ0v) is 8.91. The van der Waals surface area contributed by atoms with Crippen molar-refractivity contribution in [3.8, 4) is 0 Å². The maximum Gasteiger partial charge on any atom is 0.172 e. The van der Waals surface area contributed by atoms with Crippen molar-refractivity contribution in [2.75, 3.05) is 11.6 Å². The Morgan fingerprint density at radius 1 is 1.46 bits per heavy atom. The molecule has 1 atom stereocenters. The first kappa shape index (κ1) is 8.84. The van der Waals surface area contributed by atoms with Crippen LogP contribution in [-0.2, 0) is 0 Å². The molecule has 4 heteroatoms. The lowest BCUT2D eigenvalue weighted by Gasteiger charge is -2.18. The van der Waals surface area contributed by atoms with Crippen LogP contribution in [0, 0.1) is 0 Å².